The number of amides is 4. The van der Waals surface area contributed by atoms with Gasteiger partial charge in [-0.15, -0.1) is 0 Å². The molecule has 1 aliphatic heterocycles. The van der Waals surface area contributed by atoms with Gasteiger partial charge in [-0.2, -0.15) is 0 Å². The Morgan fingerprint density at radius 2 is 1.26 bits per heavy atom. The fourth-order valence-electron chi connectivity index (χ4n) is 7.23. The first kappa shape index (κ1) is 38.1. The summed E-state index contributed by atoms with van der Waals surface area (Å²) < 4.78 is 9.47. The van der Waals surface area contributed by atoms with Crippen LogP contribution in [-0.4, -0.2) is 81.7 Å². The van der Waals surface area contributed by atoms with E-state index >= 15 is 0 Å². The Morgan fingerprint density at radius 1 is 0.741 bits per heavy atom. The smallest absolute Gasteiger partial charge is 0.407 e. The first-order valence-electron chi connectivity index (χ1n) is 18.6. The van der Waals surface area contributed by atoms with Gasteiger partial charge in [0.15, 0.2) is 0 Å². The molecule has 1 saturated heterocycles. The number of carbonyl (C=O) groups excluding carboxylic acids is 4. The number of aromatic nitrogens is 4. The molecule has 3 heterocycles. The SMILES string of the molecule is COC(=O)NC(C(=O)NC1(c2ncc(-c3ccc(-c4ccc(-c5cnc([C@@H]6CCCN6C(=O)[C@@H](NC(=O)OC)C(C)C)[nH]5)cc4)cc3)[nH]2)CCC1)C(C)C. The number of likely N-dealkylation sites (tertiary alicyclic amines) is 1. The Balaban J connectivity index is 1.11. The Morgan fingerprint density at radius 3 is 1.78 bits per heavy atom. The summed E-state index contributed by atoms with van der Waals surface area (Å²) in [5.74, 6) is 0.773. The largest absolute Gasteiger partial charge is 0.453 e. The number of hydrogen-bond acceptors (Lipinski definition) is 8. The molecule has 286 valence electrons. The number of aromatic amines is 2. The summed E-state index contributed by atoms with van der Waals surface area (Å²) in [7, 11) is 2.56. The molecule has 2 aromatic carbocycles. The molecule has 5 N–H and O–H groups in total. The summed E-state index contributed by atoms with van der Waals surface area (Å²) in [6.07, 6.45) is 6.40. The van der Waals surface area contributed by atoms with Crippen LogP contribution in [-0.2, 0) is 24.6 Å². The highest BCUT2D eigenvalue weighted by Crippen LogP contribution is 2.41. The van der Waals surface area contributed by atoms with Gasteiger partial charge in [-0.1, -0.05) is 76.2 Å². The van der Waals surface area contributed by atoms with E-state index in [1.165, 1.54) is 14.2 Å². The number of nitrogens with one attached hydrogen (secondary N) is 5. The van der Waals surface area contributed by atoms with Gasteiger partial charge in [0.1, 0.15) is 23.7 Å². The maximum atomic E-state index is 13.5. The van der Waals surface area contributed by atoms with E-state index in [1.54, 1.807) is 17.3 Å². The van der Waals surface area contributed by atoms with Crippen LogP contribution in [0, 0.1) is 11.8 Å². The third kappa shape index (κ3) is 7.97. The van der Waals surface area contributed by atoms with Gasteiger partial charge in [0.2, 0.25) is 11.8 Å². The van der Waals surface area contributed by atoms with Crippen molar-refractivity contribution >= 4 is 24.0 Å². The molecule has 0 radical (unpaired) electrons. The summed E-state index contributed by atoms with van der Waals surface area (Å²) in [6.45, 7) is 8.14. The van der Waals surface area contributed by atoms with Gasteiger partial charge in [0.25, 0.3) is 0 Å². The maximum Gasteiger partial charge on any atom is 0.407 e. The zero-order valence-electron chi connectivity index (χ0n) is 31.7. The van der Waals surface area contributed by atoms with Gasteiger partial charge in [0, 0.05) is 6.54 Å². The van der Waals surface area contributed by atoms with E-state index < -0.39 is 29.8 Å². The van der Waals surface area contributed by atoms with E-state index in [2.05, 4.69) is 60.2 Å². The number of H-pyrrole nitrogens is 2. The minimum atomic E-state index is -0.732. The Kier molecular flexibility index (Phi) is 11.4. The van der Waals surface area contributed by atoms with Gasteiger partial charge in [-0.3, -0.25) is 9.59 Å². The average Bonchev–Trinajstić information content (AvgIpc) is 3.95. The lowest BCUT2D eigenvalue weighted by molar-refractivity contribution is -0.135. The third-order valence-electron chi connectivity index (χ3n) is 10.6. The molecule has 1 saturated carbocycles. The number of alkyl carbamates (subject to hydrolysis) is 2. The highest BCUT2D eigenvalue weighted by atomic mass is 16.5. The second-order valence-electron chi connectivity index (χ2n) is 14.8. The van der Waals surface area contributed by atoms with E-state index in [1.807, 2.05) is 52.0 Å². The van der Waals surface area contributed by atoms with Crippen molar-refractivity contribution in [1.29, 1.82) is 0 Å². The van der Waals surface area contributed by atoms with Crippen LogP contribution in [0.5, 0.6) is 0 Å². The minimum absolute atomic E-state index is 0.105. The molecule has 2 aliphatic rings. The van der Waals surface area contributed by atoms with Crippen LogP contribution in [0.25, 0.3) is 33.6 Å². The molecule has 54 heavy (non-hydrogen) atoms. The molecular formula is C40H50N8O6. The van der Waals surface area contributed by atoms with Crippen molar-refractivity contribution < 1.29 is 28.7 Å². The second kappa shape index (κ2) is 16.1. The zero-order valence-corrected chi connectivity index (χ0v) is 31.7. The van der Waals surface area contributed by atoms with Gasteiger partial charge >= 0.3 is 12.2 Å². The van der Waals surface area contributed by atoms with Gasteiger partial charge in [-0.25, -0.2) is 19.6 Å². The number of nitrogens with zero attached hydrogens (tertiary/aromatic N) is 3. The topological polar surface area (TPSA) is 183 Å². The lowest BCUT2D eigenvalue weighted by Gasteiger charge is -2.42. The highest BCUT2D eigenvalue weighted by Gasteiger charge is 2.44. The molecule has 6 rings (SSSR count). The highest BCUT2D eigenvalue weighted by molar-refractivity contribution is 5.87. The predicted molar refractivity (Wildman–Crippen MR) is 203 cm³/mol. The van der Waals surface area contributed by atoms with E-state index in [0.29, 0.717) is 12.4 Å². The van der Waals surface area contributed by atoms with Crippen LogP contribution in [0.2, 0.25) is 0 Å². The summed E-state index contributed by atoms with van der Waals surface area (Å²) in [5, 5.41) is 8.50. The van der Waals surface area contributed by atoms with Crippen molar-refractivity contribution in [3.8, 4) is 33.6 Å². The first-order chi connectivity index (χ1) is 25.9. The maximum absolute atomic E-state index is 13.5. The minimum Gasteiger partial charge on any atom is -0.453 e. The van der Waals surface area contributed by atoms with Crippen LogP contribution < -0.4 is 16.0 Å². The molecule has 14 nitrogen and oxygen atoms in total. The Hall–Kier alpha value is -5.66. The van der Waals surface area contributed by atoms with Crippen LogP contribution in [0.3, 0.4) is 0 Å². The number of hydrogen-bond donors (Lipinski definition) is 5. The summed E-state index contributed by atoms with van der Waals surface area (Å²) in [4.78, 5) is 68.6. The van der Waals surface area contributed by atoms with Gasteiger partial charge in [-0.05, 0) is 66.2 Å². The molecule has 4 aromatic rings. The lowest BCUT2D eigenvalue weighted by atomic mass is 9.75. The van der Waals surface area contributed by atoms with Gasteiger partial charge in [0.05, 0.1) is 49.6 Å². The van der Waals surface area contributed by atoms with Crippen molar-refractivity contribution in [1.82, 2.24) is 40.8 Å². The molecule has 0 bridgehead atoms. The molecule has 1 aliphatic carbocycles. The average molecular weight is 739 g/mol. The Bertz CT molecular complexity index is 1950. The fourth-order valence-corrected chi connectivity index (χ4v) is 7.23. The first-order valence-corrected chi connectivity index (χ1v) is 18.6. The number of carbonyl (C=O) groups is 4. The van der Waals surface area contributed by atoms with Crippen molar-refractivity contribution in [2.75, 3.05) is 20.8 Å². The molecule has 3 atom stereocenters. The van der Waals surface area contributed by atoms with Crippen molar-refractivity contribution in [3.63, 3.8) is 0 Å². The van der Waals surface area contributed by atoms with Crippen LogP contribution >= 0.6 is 0 Å². The number of rotatable bonds is 12. The molecule has 2 fully saturated rings. The molecule has 1 unspecified atom stereocenters. The molecule has 4 amide bonds. The van der Waals surface area contributed by atoms with E-state index in [9.17, 15) is 19.2 Å². The fraction of sp³-hybridized carbons (Fsp3) is 0.450. The summed E-state index contributed by atoms with van der Waals surface area (Å²) in [6, 6.07) is 14.8. The number of ether oxygens (including phenoxy) is 2. The quantitative estimate of drug-likeness (QED) is 0.116. The Labute approximate surface area is 315 Å². The van der Waals surface area contributed by atoms with Gasteiger partial charge < -0.3 is 40.3 Å². The molecule has 2 aromatic heterocycles. The lowest BCUT2D eigenvalue weighted by Crippen LogP contribution is -2.58. The summed E-state index contributed by atoms with van der Waals surface area (Å²) in [5.41, 5.74) is 5.12. The standard InChI is InChI=1S/C40H50N8O6/c1-23(2)32(45-38(51)53-5)35(49)47-40(18-8-19-40)37-42-22-30(44-37)28-16-12-26(13-17-28)25-10-14-27(15-11-25)29-21-41-34(43-29)31-9-7-20-48(31)36(50)33(24(3)4)46-39(52)54-6/h10-17,21-24,31-33H,7-9,18-20H2,1-6H3,(H,41,43)(H,42,44)(H,45,51)(H,46,52)(H,47,49)/t31-,32?,33-/m0/s1. The monoisotopic (exact) mass is 738 g/mol. The summed E-state index contributed by atoms with van der Waals surface area (Å²) >= 11 is 0. The second-order valence-corrected chi connectivity index (χ2v) is 14.8. The predicted octanol–water partition coefficient (Wildman–Crippen LogP) is 6.05. The normalized spacial score (nSPS) is 17.4. The third-order valence-corrected chi connectivity index (χ3v) is 10.6. The van der Waals surface area contributed by atoms with Crippen LogP contribution in [0.4, 0.5) is 9.59 Å². The van der Waals surface area contributed by atoms with E-state index in [-0.39, 0.29) is 29.7 Å². The number of methoxy groups -OCH3 is 2. The molecule has 0 spiro atoms. The van der Waals surface area contributed by atoms with E-state index in [0.717, 1.165) is 71.6 Å². The van der Waals surface area contributed by atoms with Crippen LogP contribution in [0.15, 0.2) is 60.9 Å². The van der Waals surface area contributed by atoms with Crippen molar-refractivity contribution in [2.24, 2.45) is 11.8 Å². The molecular weight excluding hydrogens is 688 g/mol. The van der Waals surface area contributed by atoms with E-state index in [4.69, 9.17) is 9.47 Å². The van der Waals surface area contributed by atoms with Crippen molar-refractivity contribution in [2.45, 2.75) is 83.5 Å². The van der Waals surface area contributed by atoms with Crippen molar-refractivity contribution in [3.05, 3.63) is 72.6 Å². The number of benzene rings is 2. The number of imidazole rings is 2. The zero-order chi connectivity index (χ0) is 38.6. The van der Waals surface area contributed by atoms with Crippen LogP contribution in [0.1, 0.15) is 77.5 Å². The molecule has 14 heteroatoms.